The molecule has 206 valence electrons. The second-order valence-corrected chi connectivity index (χ2v) is 21.0. The van der Waals surface area contributed by atoms with Crippen LogP contribution in [0, 0.1) is 5.92 Å². The van der Waals surface area contributed by atoms with E-state index in [4.69, 9.17) is 13.6 Å². The van der Waals surface area contributed by atoms with E-state index in [-0.39, 0.29) is 22.5 Å². The van der Waals surface area contributed by atoms with Gasteiger partial charge in [0.25, 0.3) is 8.32 Å². The van der Waals surface area contributed by atoms with Crippen LogP contribution in [0.25, 0.3) is 0 Å². The molecule has 0 N–H and O–H groups in total. The van der Waals surface area contributed by atoms with Crippen LogP contribution in [0.2, 0.25) is 24.7 Å². The normalized spacial score (nSPS) is 13.9. The molecule has 0 radical (unpaired) electrons. The van der Waals surface area contributed by atoms with Crippen LogP contribution in [0.5, 0.6) is 0 Å². The molecular weight excluding hydrogens is 493 g/mol. The fraction of sp³-hybridized carbons (Fsp3) is 0.581. The zero-order valence-corrected chi connectivity index (χ0v) is 26.7. The second kappa shape index (κ2) is 13.4. The maximum atomic E-state index is 12.2. The summed E-state index contributed by atoms with van der Waals surface area (Å²) < 4.78 is 19.1. The van der Waals surface area contributed by atoms with E-state index in [1.54, 1.807) is 0 Å². The van der Waals surface area contributed by atoms with Crippen molar-refractivity contribution in [2.24, 2.45) is 5.92 Å². The third-order valence-corrected chi connectivity index (χ3v) is 13.5. The van der Waals surface area contributed by atoms with Crippen molar-refractivity contribution in [3.05, 3.63) is 60.7 Å². The highest BCUT2D eigenvalue weighted by atomic mass is 28.4. The van der Waals surface area contributed by atoms with Crippen LogP contribution >= 0.6 is 0 Å². The molecule has 2 rings (SSSR count). The highest BCUT2D eigenvalue weighted by molar-refractivity contribution is 6.99. The summed E-state index contributed by atoms with van der Waals surface area (Å²) in [5, 5.41) is 2.45. The summed E-state index contributed by atoms with van der Waals surface area (Å²) in [6, 6.07) is 21.5. The standard InChI is InChI=1S/C31H50O4Si2/c1-10-31(11-2,35-36(7,8)9)24-26(22-23-29(32)33-6)25-34-37(30(3,4)5,27-18-14-12-15-19-27)28-20-16-13-17-21-28/h12-21,26H,10-11,22-25H2,1-9H3/t26-/m1/s1. The Morgan fingerprint density at radius 2 is 1.35 bits per heavy atom. The maximum absolute atomic E-state index is 12.2. The first-order chi connectivity index (χ1) is 17.3. The van der Waals surface area contributed by atoms with E-state index < -0.39 is 16.6 Å². The number of hydrogen-bond donors (Lipinski definition) is 0. The third-order valence-electron chi connectivity index (χ3n) is 7.41. The summed E-state index contributed by atoms with van der Waals surface area (Å²) in [5.74, 6) is 0.0113. The van der Waals surface area contributed by atoms with E-state index in [0.29, 0.717) is 13.0 Å². The van der Waals surface area contributed by atoms with Gasteiger partial charge in [0.05, 0.1) is 12.7 Å². The second-order valence-electron chi connectivity index (χ2n) is 12.3. The molecule has 0 unspecified atom stereocenters. The van der Waals surface area contributed by atoms with Crippen LogP contribution in [0.3, 0.4) is 0 Å². The summed E-state index contributed by atoms with van der Waals surface area (Å²) in [4.78, 5) is 12.2. The summed E-state index contributed by atoms with van der Waals surface area (Å²) in [7, 11) is -2.97. The summed E-state index contributed by atoms with van der Waals surface area (Å²) in [6.45, 7) is 18.7. The molecule has 6 heteroatoms. The number of esters is 1. The fourth-order valence-corrected chi connectivity index (χ4v) is 11.9. The van der Waals surface area contributed by atoms with E-state index in [0.717, 1.165) is 25.7 Å². The first kappa shape index (κ1) is 31.5. The van der Waals surface area contributed by atoms with E-state index >= 15 is 0 Å². The predicted octanol–water partition coefficient (Wildman–Crippen LogP) is 6.93. The molecule has 2 aromatic rings. The average Bonchev–Trinajstić information content (AvgIpc) is 2.86. The lowest BCUT2D eigenvalue weighted by Crippen LogP contribution is -2.67. The van der Waals surface area contributed by atoms with Crippen molar-refractivity contribution >= 4 is 33.0 Å². The van der Waals surface area contributed by atoms with Crippen molar-refractivity contribution in [1.29, 1.82) is 0 Å². The Labute approximate surface area is 228 Å². The largest absolute Gasteiger partial charge is 0.469 e. The lowest BCUT2D eigenvalue weighted by Gasteiger charge is -2.45. The molecular formula is C31H50O4Si2. The van der Waals surface area contributed by atoms with Gasteiger partial charge < -0.3 is 13.6 Å². The molecule has 0 spiro atoms. The summed E-state index contributed by atoms with van der Waals surface area (Å²) in [6.07, 6.45) is 3.88. The SMILES string of the molecule is CCC(CC)(C[C@@H](CCC(=O)OC)CO[Si](c1ccccc1)(c1ccccc1)C(C)(C)C)O[Si](C)(C)C. The van der Waals surface area contributed by atoms with Crippen LogP contribution in [-0.4, -0.2) is 41.9 Å². The van der Waals surface area contributed by atoms with Gasteiger partial charge in [-0.15, -0.1) is 0 Å². The van der Waals surface area contributed by atoms with Crippen LogP contribution in [-0.2, 0) is 18.4 Å². The third kappa shape index (κ3) is 8.37. The van der Waals surface area contributed by atoms with Gasteiger partial charge in [0.15, 0.2) is 8.32 Å². The molecule has 0 aliphatic carbocycles. The van der Waals surface area contributed by atoms with Crippen molar-refractivity contribution in [3.63, 3.8) is 0 Å². The number of carbonyl (C=O) groups excluding carboxylic acids is 1. The minimum atomic E-state index is -2.67. The Balaban J connectivity index is 2.52. The van der Waals surface area contributed by atoms with E-state index in [2.05, 4.69) is 115 Å². The van der Waals surface area contributed by atoms with Gasteiger partial charge in [-0.3, -0.25) is 4.79 Å². The highest BCUT2D eigenvalue weighted by Gasteiger charge is 2.50. The number of hydrogen-bond acceptors (Lipinski definition) is 4. The molecule has 0 saturated heterocycles. The molecule has 0 bridgehead atoms. The molecule has 0 heterocycles. The van der Waals surface area contributed by atoms with Gasteiger partial charge in [-0.2, -0.15) is 0 Å². The van der Waals surface area contributed by atoms with E-state index in [9.17, 15) is 4.79 Å². The van der Waals surface area contributed by atoms with Gasteiger partial charge in [-0.1, -0.05) is 95.3 Å². The van der Waals surface area contributed by atoms with Crippen molar-refractivity contribution < 1.29 is 18.4 Å². The quantitative estimate of drug-likeness (QED) is 0.192. The summed E-state index contributed by atoms with van der Waals surface area (Å²) in [5.41, 5.74) is -0.208. The molecule has 4 nitrogen and oxygen atoms in total. The average molecular weight is 543 g/mol. The minimum Gasteiger partial charge on any atom is -0.469 e. The summed E-state index contributed by atoms with van der Waals surface area (Å²) >= 11 is 0. The molecule has 0 aliphatic rings. The Morgan fingerprint density at radius 3 is 1.73 bits per heavy atom. The van der Waals surface area contributed by atoms with Crippen molar-refractivity contribution in [3.8, 4) is 0 Å². The molecule has 0 aromatic heterocycles. The van der Waals surface area contributed by atoms with Crippen molar-refractivity contribution in [2.75, 3.05) is 13.7 Å². The van der Waals surface area contributed by atoms with Crippen LogP contribution in [0.4, 0.5) is 0 Å². The predicted molar refractivity (Wildman–Crippen MR) is 161 cm³/mol. The topological polar surface area (TPSA) is 44.8 Å². The lowest BCUT2D eigenvalue weighted by molar-refractivity contribution is -0.141. The molecule has 37 heavy (non-hydrogen) atoms. The van der Waals surface area contributed by atoms with E-state index in [1.807, 2.05) is 0 Å². The van der Waals surface area contributed by atoms with Gasteiger partial charge in [0.2, 0.25) is 0 Å². The van der Waals surface area contributed by atoms with Crippen molar-refractivity contribution in [2.45, 2.75) is 97.0 Å². The van der Waals surface area contributed by atoms with Gasteiger partial charge in [0, 0.05) is 13.0 Å². The number of benzene rings is 2. The van der Waals surface area contributed by atoms with Crippen molar-refractivity contribution in [1.82, 2.24) is 0 Å². The maximum Gasteiger partial charge on any atom is 0.305 e. The first-order valence-electron chi connectivity index (χ1n) is 13.8. The Bertz CT molecular complexity index is 905. The molecule has 0 fully saturated rings. The Hall–Kier alpha value is -1.74. The fourth-order valence-electron chi connectivity index (χ4n) is 5.57. The van der Waals surface area contributed by atoms with E-state index in [1.165, 1.54) is 17.5 Å². The number of rotatable bonds is 14. The minimum absolute atomic E-state index is 0.0932. The zero-order valence-electron chi connectivity index (χ0n) is 24.7. The Morgan fingerprint density at radius 1 is 0.865 bits per heavy atom. The smallest absolute Gasteiger partial charge is 0.305 e. The van der Waals surface area contributed by atoms with Crippen LogP contribution in [0.15, 0.2) is 60.7 Å². The van der Waals surface area contributed by atoms with Gasteiger partial charge in [-0.05, 0) is 66.7 Å². The first-order valence-corrected chi connectivity index (χ1v) is 19.2. The molecule has 0 aliphatic heterocycles. The van der Waals surface area contributed by atoms with Gasteiger partial charge >= 0.3 is 5.97 Å². The number of ether oxygens (including phenoxy) is 1. The van der Waals surface area contributed by atoms with Gasteiger partial charge in [0.1, 0.15) is 0 Å². The molecule has 0 saturated carbocycles. The zero-order chi connectivity index (χ0) is 27.7. The highest BCUT2D eigenvalue weighted by Crippen LogP contribution is 2.39. The molecule has 0 amide bonds. The lowest BCUT2D eigenvalue weighted by atomic mass is 9.84. The number of methoxy groups -OCH3 is 1. The van der Waals surface area contributed by atoms with Crippen LogP contribution in [0.1, 0.15) is 66.7 Å². The molecule has 2 aromatic carbocycles. The van der Waals surface area contributed by atoms with Crippen LogP contribution < -0.4 is 10.4 Å². The van der Waals surface area contributed by atoms with Gasteiger partial charge in [-0.25, -0.2) is 0 Å². The molecule has 1 atom stereocenters. The Kier molecular flexibility index (Phi) is 11.4. The number of carbonyl (C=O) groups is 1. The monoisotopic (exact) mass is 542 g/mol.